The lowest BCUT2D eigenvalue weighted by molar-refractivity contribution is -0.329. The standard InChI is InChI=1S/C15H14F6O2/c1-10(23-13(14(16,17)18)15(19,20)21)9-12(22)8-7-11-5-3-2-4-6-11/h2-8,10,13H,9H2,1H3/b8-7+. The minimum absolute atomic E-state index is 0.591. The summed E-state index contributed by atoms with van der Waals surface area (Å²) in [6, 6.07) is 8.56. The van der Waals surface area contributed by atoms with Crippen LogP contribution in [0.1, 0.15) is 18.9 Å². The van der Waals surface area contributed by atoms with E-state index in [2.05, 4.69) is 4.74 Å². The van der Waals surface area contributed by atoms with Gasteiger partial charge in [-0.2, -0.15) is 26.3 Å². The van der Waals surface area contributed by atoms with Crippen LogP contribution in [0.15, 0.2) is 36.4 Å². The van der Waals surface area contributed by atoms with Gasteiger partial charge in [0.1, 0.15) is 0 Å². The summed E-state index contributed by atoms with van der Waals surface area (Å²) in [5.41, 5.74) is 0.679. The van der Waals surface area contributed by atoms with Crippen LogP contribution in [-0.4, -0.2) is 30.3 Å². The van der Waals surface area contributed by atoms with E-state index in [-0.39, 0.29) is 0 Å². The van der Waals surface area contributed by atoms with E-state index in [9.17, 15) is 31.1 Å². The Bertz CT molecular complexity index is 519. The molecule has 0 radical (unpaired) electrons. The average molecular weight is 340 g/mol. The summed E-state index contributed by atoms with van der Waals surface area (Å²) in [5, 5.41) is 0. The summed E-state index contributed by atoms with van der Waals surface area (Å²) < 4.78 is 78.0. The molecular formula is C15H14F6O2. The van der Waals surface area contributed by atoms with Crippen molar-refractivity contribution in [3.8, 4) is 0 Å². The Kier molecular flexibility index (Phi) is 6.37. The summed E-state index contributed by atoms with van der Waals surface area (Å²) in [6.07, 6.45) is -14.7. The van der Waals surface area contributed by atoms with Crippen molar-refractivity contribution < 1.29 is 35.9 Å². The molecule has 0 N–H and O–H groups in total. The van der Waals surface area contributed by atoms with E-state index >= 15 is 0 Å². The SMILES string of the molecule is CC(CC(=O)/C=C/c1ccccc1)OC(C(F)(F)F)C(F)(F)F. The normalized spacial score (nSPS) is 14.4. The third-order valence-corrected chi connectivity index (χ3v) is 2.71. The van der Waals surface area contributed by atoms with Gasteiger partial charge >= 0.3 is 12.4 Å². The number of halogens is 6. The van der Waals surface area contributed by atoms with Crippen LogP contribution in [0.2, 0.25) is 0 Å². The number of carbonyl (C=O) groups is 1. The van der Waals surface area contributed by atoms with E-state index in [1.807, 2.05) is 0 Å². The van der Waals surface area contributed by atoms with Crippen molar-refractivity contribution in [3.05, 3.63) is 42.0 Å². The highest BCUT2D eigenvalue weighted by atomic mass is 19.4. The molecule has 0 fully saturated rings. The maximum absolute atomic E-state index is 12.3. The molecule has 0 amide bonds. The van der Waals surface area contributed by atoms with E-state index in [1.165, 1.54) is 6.08 Å². The number of alkyl halides is 6. The third-order valence-electron chi connectivity index (χ3n) is 2.71. The summed E-state index contributed by atoms with van der Waals surface area (Å²) >= 11 is 0. The Labute approximate surface area is 128 Å². The minimum atomic E-state index is -5.59. The molecule has 0 saturated carbocycles. The highest BCUT2D eigenvalue weighted by molar-refractivity contribution is 5.93. The molecule has 0 aliphatic carbocycles. The number of hydrogen-bond acceptors (Lipinski definition) is 2. The first kappa shape index (κ1) is 19.2. The van der Waals surface area contributed by atoms with E-state index in [0.29, 0.717) is 5.56 Å². The predicted octanol–water partition coefficient (Wildman–Crippen LogP) is 4.56. The molecule has 0 aliphatic heterocycles. The molecule has 0 aromatic heterocycles. The van der Waals surface area contributed by atoms with Crippen LogP contribution in [0.25, 0.3) is 6.08 Å². The van der Waals surface area contributed by atoms with Crippen LogP contribution in [0, 0.1) is 0 Å². The number of hydrogen-bond donors (Lipinski definition) is 0. The second kappa shape index (κ2) is 7.63. The molecule has 128 valence electrons. The van der Waals surface area contributed by atoms with Crippen molar-refractivity contribution in [2.45, 2.75) is 37.9 Å². The summed E-state index contributed by atoms with van der Waals surface area (Å²) in [4.78, 5) is 11.6. The zero-order valence-corrected chi connectivity index (χ0v) is 12.0. The lowest BCUT2D eigenvalue weighted by Gasteiger charge is -2.26. The van der Waals surface area contributed by atoms with Gasteiger partial charge in [0.2, 0.25) is 6.10 Å². The summed E-state index contributed by atoms with van der Waals surface area (Å²) in [5.74, 6) is -0.635. The van der Waals surface area contributed by atoms with E-state index in [1.54, 1.807) is 30.3 Å². The second-order valence-electron chi connectivity index (χ2n) is 4.82. The third kappa shape index (κ3) is 6.85. The quantitative estimate of drug-likeness (QED) is 0.561. The van der Waals surface area contributed by atoms with E-state index < -0.39 is 36.8 Å². The molecule has 2 nitrogen and oxygen atoms in total. The monoisotopic (exact) mass is 340 g/mol. The fourth-order valence-electron chi connectivity index (χ4n) is 1.72. The Hall–Kier alpha value is -1.83. The van der Waals surface area contributed by atoms with Crippen molar-refractivity contribution >= 4 is 11.9 Å². The molecule has 0 bridgehead atoms. The van der Waals surface area contributed by atoms with Crippen LogP contribution < -0.4 is 0 Å². The van der Waals surface area contributed by atoms with E-state index in [4.69, 9.17) is 0 Å². The number of benzene rings is 1. The van der Waals surface area contributed by atoms with Crippen molar-refractivity contribution in [2.24, 2.45) is 0 Å². The van der Waals surface area contributed by atoms with Gasteiger partial charge < -0.3 is 4.74 Å². The minimum Gasteiger partial charge on any atom is -0.357 e. The maximum Gasteiger partial charge on any atom is 0.423 e. The molecule has 8 heteroatoms. The molecule has 1 aromatic carbocycles. The number of carbonyl (C=O) groups excluding carboxylic acids is 1. The van der Waals surface area contributed by atoms with Crippen LogP contribution in [0.3, 0.4) is 0 Å². The number of ether oxygens (including phenoxy) is 1. The van der Waals surface area contributed by atoms with Gasteiger partial charge in [0.05, 0.1) is 6.10 Å². The number of ketones is 1. The van der Waals surface area contributed by atoms with Gasteiger partial charge in [-0.05, 0) is 18.6 Å². The topological polar surface area (TPSA) is 26.3 Å². The van der Waals surface area contributed by atoms with Crippen LogP contribution in [0.4, 0.5) is 26.3 Å². The van der Waals surface area contributed by atoms with Gasteiger partial charge in [-0.15, -0.1) is 0 Å². The maximum atomic E-state index is 12.3. The molecule has 0 aliphatic rings. The zero-order valence-electron chi connectivity index (χ0n) is 12.0. The lowest BCUT2D eigenvalue weighted by Crippen LogP contribution is -2.46. The number of allylic oxidation sites excluding steroid dienone is 1. The fraction of sp³-hybridized carbons (Fsp3) is 0.400. The molecule has 1 unspecified atom stereocenters. The summed E-state index contributed by atoms with van der Waals surface area (Å²) in [7, 11) is 0. The lowest BCUT2D eigenvalue weighted by atomic mass is 10.1. The number of rotatable bonds is 6. The van der Waals surface area contributed by atoms with Gasteiger partial charge in [0.15, 0.2) is 5.78 Å². The molecule has 1 atom stereocenters. The van der Waals surface area contributed by atoms with Crippen molar-refractivity contribution in [1.29, 1.82) is 0 Å². The Morgan fingerprint density at radius 3 is 2.09 bits per heavy atom. The molecule has 0 heterocycles. The zero-order chi connectivity index (χ0) is 17.7. The van der Waals surface area contributed by atoms with Gasteiger partial charge in [-0.25, -0.2) is 0 Å². The smallest absolute Gasteiger partial charge is 0.357 e. The van der Waals surface area contributed by atoms with Crippen LogP contribution >= 0.6 is 0 Å². The van der Waals surface area contributed by atoms with Gasteiger partial charge in [0.25, 0.3) is 0 Å². The molecule has 1 aromatic rings. The van der Waals surface area contributed by atoms with Gasteiger partial charge in [-0.1, -0.05) is 36.4 Å². The van der Waals surface area contributed by atoms with Crippen molar-refractivity contribution in [2.75, 3.05) is 0 Å². The first-order valence-corrected chi connectivity index (χ1v) is 6.55. The summed E-state index contributed by atoms with van der Waals surface area (Å²) in [6.45, 7) is 0.985. The van der Waals surface area contributed by atoms with Gasteiger partial charge in [0, 0.05) is 6.42 Å². The largest absolute Gasteiger partial charge is 0.423 e. The first-order valence-electron chi connectivity index (χ1n) is 6.55. The Morgan fingerprint density at radius 1 is 1.09 bits per heavy atom. The van der Waals surface area contributed by atoms with Crippen LogP contribution in [-0.2, 0) is 9.53 Å². The Balaban J connectivity index is 2.62. The molecule has 0 spiro atoms. The van der Waals surface area contributed by atoms with E-state index in [0.717, 1.165) is 13.0 Å². The first-order chi connectivity index (χ1) is 10.5. The highest BCUT2D eigenvalue weighted by Gasteiger charge is 2.58. The van der Waals surface area contributed by atoms with Crippen molar-refractivity contribution in [1.82, 2.24) is 0 Å². The molecule has 23 heavy (non-hydrogen) atoms. The highest BCUT2D eigenvalue weighted by Crippen LogP contribution is 2.36. The fourth-order valence-corrected chi connectivity index (χ4v) is 1.72. The molecular weight excluding hydrogens is 326 g/mol. The van der Waals surface area contributed by atoms with Gasteiger partial charge in [-0.3, -0.25) is 4.79 Å². The molecule has 0 saturated heterocycles. The predicted molar refractivity (Wildman–Crippen MR) is 71.5 cm³/mol. The van der Waals surface area contributed by atoms with Crippen LogP contribution in [0.5, 0.6) is 0 Å². The molecule has 1 rings (SSSR count). The second-order valence-corrected chi connectivity index (χ2v) is 4.82. The Morgan fingerprint density at radius 2 is 1.61 bits per heavy atom. The van der Waals surface area contributed by atoms with Crippen molar-refractivity contribution in [3.63, 3.8) is 0 Å². The average Bonchev–Trinajstić information content (AvgIpc) is 2.41.